The summed E-state index contributed by atoms with van der Waals surface area (Å²) >= 11 is 0. The van der Waals surface area contributed by atoms with Gasteiger partial charge in [0.2, 0.25) is 11.6 Å². The van der Waals surface area contributed by atoms with E-state index in [2.05, 4.69) is 6.92 Å². The van der Waals surface area contributed by atoms with E-state index in [9.17, 15) is 9.90 Å². The Morgan fingerprint density at radius 1 is 1.14 bits per heavy atom. The molecule has 1 aliphatic carbocycles. The zero-order chi connectivity index (χ0) is 25.4. The number of halogens is 2. The van der Waals surface area contributed by atoms with Gasteiger partial charge in [-0.3, -0.25) is 4.79 Å². The highest BCUT2D eigenvalue weighted by Crippen LogP contribution is 2.64. The summed E-state index contributed by atoms with van der Waals surface area (Å²) < 4.78 is 54.2. The Labute approximate surface area is 202 Å². The van der Waals surface area contributed by atoms with E-state index in [0.29, 0.717) is 19.3 Å². The zero-order valence-electron chi connectivity index (χ0n) is 20.5. The van der Waals surface area contributed by atoms with Crippen molar-refractivity contribution in [1.82, 2.24) is 0 Å². The van der Waals surface area contributed by atoms with Crippen molar-refractivity contribution in [2.45, 2.75) is 81.8 Å². The van der Waals surface area contributed by atoms with Gasteiger partial charge in [0.25, 0.3) is 0 Å². The van der Waals surface area contributed by atoms with E-state index in [4.69, 9.17) is 28.7 Å². The molecule has 1 aromatic carbocycles. The van der Waals surface area contributed by atoms with Crippen LogP contribution in [0.4, 0.5) is 8.78 Å². The van der Waals surface area contributed by atoms with E-state index in [1.165, 1.54) is 39.3 Å². The number of aliphatic hydroxyl groups excluding tert-OH is 1. The van der Waals surface area contributed by atoms with E-state index in [0.717, 1.165) is 6.42 Å². The molecule has 1 unspecified atom stereocenters. The maximum absolute atomic E-state index is 15.8. The van der Waals surface area contributed by atoms with E-state index >= 15 is 8.78 Å². The third-order valence-corrected chi connectivity index (χ3v) is 8.61. The van der Waals surface area contributed by atoms with Crippen LogP contribution in [0.5, 0.6) is 11.5 Å². The van der Waals surface area contributed by atoms with Gasteiger partial charge in [-0.25, -0.2) is 9.78 Å². The van der Waals surface area contributed by atoms with Crippen LogP contribution in [0.3, 0.4) is 0 Å². The standard InChI is InChI=1S/C25H32F2O8/c1-13-6-9-18-23(3,33-21-24(18)16(13)10-11-22(2,32-21)34-35-24)20(29)25(26,27)19(28)15-12-14(30-4)7-8-17(15)31-5/h7-8,12-13,16,18,20-21,29H,6,9-11H2,1-5H3/t13-,16+,18+,20?,21+,22+,23+,24-/m1/s1. The van der Waals surface area contributed by atoms with E-state index in [1.807, 2.05) is 0 Å². The molecule has 35 heavy (non-hydrogen) atoms. The predicted molar refractivity (Wildman–Crippen MR) is 117 cm³/mol. The van der Waals surface area contributed by atoms with Crippen LogP contribution in [0.1, 0.15) is 56.8 Å². The third kappa shape index (κ3) is 3.37. The number of Topliss-reactive ketones (excluding diaryl/α,β-unsaturated/α-hetero) is 1. The minimum Gasteiger partial charge on any atom is -0.497 e. The summed E-state index contributed by atoms with van der Waals surface area (Å²) in [6.45, 7) is 5.22. The van der Waals surface area contributed by atoms with Crippen molar-refractivity contribution < 1.29 is 47.4 Å². The quantitative estimate of drug-likeness (QED) is 0.467. The van der Waals surface area contributed by atoms with Crippen LogP contribution in [0.25, 0.3) is 0 Å². The lowest BCUT2D eigenvalue weighted by Crippen LogP contribution is -2.64. The fraction of sp³-hybridized carbons (Fsp3) is 0.720. The SMILES string of the molecule is COc1ccc(OC)c(C(=O)C(F)(F)C(O)[C@@]2(C)O[C@@H]3O[C@]4(C)CC[C@H]5[C@H](C)CC[C@@H]2[C@@]35OO4)c1. The molecule has 1 N–H and O–H groups in total. The summed E-state index contributed by atoms with van der Waals surface area (Å²) in [6.07, 6.45) is -1.05. The highest BCUT2D eigenvalue weighted by Gasteiger charge is 2.77. The molecule has 8 nitrogen and oxygen atoms in total. The number of carbonyl (C=O) groups excluding carboxylic acids is 1. The molecule has 5 fully saturated rings. The second kappa shape index (κ2) is 8.08. The second-order valence-electron chi connectivity index (χ2n) is 10.6. The third-order valence-electron chi connectivity index (χ3n) is 8.61. The Balaban J connectivity index is 1.53. The molecule has 0 amide bonds. The van der Waals surface area contributed by atoms with Gasteiger partial charge in [-0.1, -0.05) is 6.92 Å². The van der Waals surface area contributed by atoms with Crippen LogP contribution >= 0.6 is 0 Å². The van der Waals surface area contributed by atoms with Gasteiger partial charge in [0, 0.05) is 12.3 Å². The molecule has 10 heteroatoms. The number of hydrogen-bond acceptors (Lipinski definition) is 8. The molecule has 4 heterocycles. The number of ketones is 1. The molecule has 1 saturated carbocycles. The lowest BCUT2D eigenvalue weighted by molar-refractivity contribution is -0.541. The van der Waals surface area contributed by atoms with Crippen molar-refractivity contribution in [3.05, 3.63) is 23.8 Å². The predicted octanol–water partition coefficient (Wildman–Crippen LogP) is 3.89. The highest BCUT2D eigenvalue weighted by atomic mass is 19.3. The number of benzene rings is 1. The monoisotopic (exact) mass is 498 g/mol. The van der Waals surface area contributed by atoms with Crippen LogP contribution in [-0.4, -0.2) is 60.4 Å². The molecule has 0 aromatic heterocycles. The molecule has 6 rings (SSSR count). The van der Waals surface area contributed by atoms with Gasteiger partial charge >= 0.3 is 5.92 Å². The fourth-order valence-electron chi connectivity index (χ4n) is 6.66. The maximum Gasteiger partial charge on any atom is 0.337 e. The summed E-state index contributed by atoms with van der Waals surface area (Å²) in [6, 6.07) is 4.03. The number of methoxy groups -OCH3 is 2. The molecular weight excluding hydrogens is 466 g/mol. The van der Waals surface area contributed by atoms with Gasteiger partial charge in [0.1, 0.15) is 17.1 Å². The van der Waals surface area contributed by atoms with Gasteiger partial charge in [-0.2, -0.15) is 8.78 Å². The molecule has 1 spiro atoms. The first-order valence-electron chi connectivity index (χ1n) is 12.0. The van der Waals surface area contributed by atoms with Gasteiger partial charge in [0.15, 0.2) is 18.0 Å². The largest absolute Gasteiger partial charge is 0.497 e. The normalized spacial score (nSPS) is 41.1. The number of ether oxygens (including phenoxy) is 4. The van der Waals surface area contributed by atoms with Gasteiger partial charge in [-0.05, 0) is 63.1 Å². The molecule has 8 atom stereocenters. The molecule has 2 bridgehead atoms. The Morgan fingerprint density at radius 2 is 1.89 bits per heavy atom. The average Bonchev–Trinajstić information content (AvgIpc) is 2.92. The van der Waals surface area contributed by atoms with Crippen molar-refractivity contribution in [2.24, 2.45) is 17.8 Å². The number of alkyl halides is 2. The summed E-state index contributed by atoms with van der Waals surface area (Å²) in [5.41, 5.74) is -3.40. The summed E-state index contributed by atoms with van der Waals surface area (Å²) in [5, 5.41) is 11.2. The van der Waals surface area contributed by atoms with E-state index in [-0.39, 0.29) is 23.3 Å². The summed E-state index contributed by atoms with van der Waals surface area (Å²) in [5.74, 6) is -7.29. The van der Waals surface area contributed by atoms with Crippen molar-refractivity contribution in [3.8, 4) is 11.5 Å². The zero-order valence-corrected chi connectivity index (χ0v) is 20.5. The van der Waals surface area contributed by atoms with Gasteiger partial charge < -0.3 is 24.1 Å². The Kier molecular flexibility index (Phi) is 5.73. The Morgan fingerprint density at radius 3 is 2.57 bits per heavy atom. The lowest BCUT2D eigenvalue weighted by Gasteiger charge is -2.51. The second-order valence-corrected chi connectivity index (χ2v) is 10.6. The first-order chi connectivity index (χ1) is 16.4. The lowest BCUT2D eigenvalue weighted by atomic mass is 9.58. The maximum atomic E-state index is 15.8. The summed E-state index contributed by atoms with van der Waals surface area (Å²) in [4.78, 5) is 24.8. The fourth-order valence-corrected chi connectivity index (χ4v) is 6.66. The Hall–Kier alpha value is -1.85. The van der Waals surface area contributed by atoms with Crippen LogP contribution in [0, 0.1) is 17.8 Å². The number of aliphatic hydroxyl groups is 1. The van der Waals surface area contributed by atoms with Crippen molar-refractivity contribution in [2.75, 3.05) is 14.2 Å². The number of rotatable bonds is 6. The number of carbonyl (C=O) groups is 1. The summed E-state index contributed by atoms with van der Waals surface area (Å²) in [7, 11) is 2.63. The average molecular weight is 499 g/mol. The minimum absolute atomic E-state index is 0.0536. The molecule has 0 radical (unpaired) electrons. The minimum atomic E-state index is -4.21. The van der Waals surface area contributed by atoms with Gasteiger partial charge in [0.05, 0.1) is 19.8 Å². The smallest absolute Gasteiger partial charge is 0.337 e. The van der Waals surface area contributed by atoms with Crippen LogP contribution < -0.4 is 9.47 Å². The van der Waals surface area contributed by atoms with Crippen LogP contribution in [-0.2, 0) is 19.2 Å². The molecule has 4 aliphatic heterocycles. The van der Waals surface area contributed by atoms with Crippen molar-refractivity contribution in [3.63, 3.8) is 0 Å². The topological polar surface area (TPSA) is 92.7 Å². The van der Waals surface area contributed by atoms with Crippen LogP contribution in [0.15, 0.2) is 18.2 Å². The highest BCUT2D eigenvalue weighted by molar-refractivity contribution is 6.04. The van der Waals surface area contributed by atoms with E-state index < -0.39 is 52.6 Å². The molecule has 194 valence electrons. The molecule has 5 aliphatic rings. The molecular formula is C25H32F2O8. The molecule has 1 aromatic rings. The first kappa shape index (κ1) is 24.8. The van der Waals surface area contributed by atoms with Crippen molar-refractivity contribution >= 4 is 5.78 Å². The van der Waals surface area contributed by atoms with E-state index in [1.54, 1.807) is 6.92 Å². The Bertz CT molecular complexity index is 1020. The van der Waals surface area contributed by atoms with Gasteiger partial charge in [-0.15, -0.1) is 0 Å². The van der Waals surface area contributed by atoms with Crippen molar-refractivity contribution in [1.29, 1.82) is 0 Å². The number of hydrogen-bond donors (Lipinski definition) is 1. The number of fused-ring (bicyclic) bond motifs is 2. The molecule has 4 saturated heterocycles. The van der Waals surface area contributed by atoms with Crippen LogP contribution in [0.2, 0.25) is 0 Å². The first-order valence-corrected chi connectivity index (χ1v) is 12.0.